The number of nitrogens with one attached hydrogen (secondary N) is 1. The summed E-state index contributed by atoms with van der Waals surface area (Å²) in [6.45, 7) is 8.68. The van der Waals surface area contributed by atoms with E-state index in [2.05, 4.69) is 23.2 Å². The summed E-state index contributed by atoms with van der Waals surface area (Å²) in [6, 6.07) is 6.10. The maximum Gasteiger partial charge on any atom is 0.120 e. The number of benzene rings is 1. The molecule has 1 aliphatic heterocycles. The summed E-state index contributed by atoms with van der Waals surface area (Å²) >= 11 is 0. The van der Waals surface area contributed by atoms with Crippen LogP contribution in [0.5, 0.6) is 5.75 Å². The van der Waals surface area contributed by atoms with Gasteiger partial charge in [0.1, 0.15) is 5.75 Å². The van der Waals surface area contributed by atoms with Crippen LogP contribution in [0.1, 0.15) is 43.4 Å². The van der Waals surface area contributed by atoms with Crippen LogP contribution in [-0.4, -0.2) is 36.2 Å². The van der Waals surface area contributed by atoms with E-state index in [1.165, 1.54) is 32.4 Å². The first kappa shape index (κ1) is 14.4. The van der Waals surface area contributed by atoms with Gasteiger partial charge < -0.3 is 15.3 Å². The van der Waals surface area contributed by atoms with Gasteiger partial charge in [-0.15, -0.1) is 0 Å². The standard InChI is InChI=1S/C16H26N2O/c1-13-6-7-15(16(19)12-13)14(2)17-8-11-18-9-4-3-5-10-18/h6-7,12,14,17,19H,3-5,8-11H2,1-2H3. The van der Waals surface area contributed by atoms with E-state index >= 15 is 0 Å². The zero-order valence-corrected chi connectivity index (χ0v) is 12.2. The van der Waals surface area contributed by atoms with Gasteiger partial charge in [0, 0.05) is 24.7 Å². The van der Waals surface area contributed by atoms with Crippen molar-refractivity contribution in [1.29, 1.82) is 0 Å². The van der Waals surface area contributed by atoms with Crippen LogP contribution in [0.2, 0.25) is 0 Å². The second-order valence-electron chi connectivity index (χ2n) is 5.64. The molecular weight excluding hydrogens is 236 g/mol. The van der Waals surface area contributed by atoms with Crippen molar-refractivity contribution in [3.63, 3.8) is 0 Å². The third-order valence-corrected chi connectivity index (χ3v) is 3.98. The molecule has 3 nitrogen and oxygen atoms in total. The lowest BCUT2D eigenvalue weighted by Crippen LogP contribution is -2.36. The molecule has 0 amide bonds. The molecule has 1 heterocycles. The van der Waals surface area contributed by atoms with Crippen molar-refractivity contribution in [1.82, 2.24) is 10.2 Å². The van der Waals surface area contributed by atoms with Crippen LogP contribution in [0, 0.1) is 6.92 Å². The predicted octanol–water partition coefficient (Wildman–Crippen LogP) is 2.84. The number of nitrogens with zero attached hydrogens (tertiary/aromatic N) is 1. The number of likely N-dealkylation sites (tertiary alicyclic amines) is 1. The quantitative estimate of drug-likeness (QED) is 0.856. The van der Waals surface area contributed by atoms with Gasteiger partial charge in [-0.3, -0.25) is 0 Å². The van der Waals surface area contributed by atoms with Gasteiger partial charge in [-0.05, 0) is 51.4 Å². The summed E-state index contributed by atoms with van der Waals surface area (Å²) in [7, 11) is 0. The number of phenolic OH excluding ortho intramolecular Hbond substituents is 1. The number of rotatable bonds is 5. The lowest BCUT2D eigenvalue weighted by Gasteiger charge is -2.27. The summed E-state index contributed by atoms with van der Waals surface area (Å²) in [5.41, 5.74) is 2.09. The largest absolute Gasteiger partial charge is 0.508 e. The first-order valence-corrected chi connectivity index (χ1v) is 7.42. The van der Waals surface area contributed by atoms with Gasteiger partial charge in [0.2, 0.25) is 0 Å². The van der Waals surface area contributed by atoms with E-state index in [1.54, 1.807) is 0 Å². The molecule has 1 fully saturated rings. The molecule has 2 N–H and O–H groups in total. The molecule has 0 aliphatic carbocycles. The van der Waals surface area contributed by atoms with Crippen molar-refractivity contribution >= 4 is 0 Å². The Kier molecular flexibility index (Phi) is 5.23. The Morgan fingerprint density at radius 2 is 2.00 bits per heavy atom. The van der Waals surface area contributed by atoms with Crippen molar-refractivity contribution in [2.45, 2.75) is 39.2 Å². The summed E-state index contributed by atoms with van der Waals surface area (Å²) in [4.78, 5) is 2.53. The second-order valence-corrected chi connectivity index (χ2v) is 5.64. The lowest BCUT2D eigenvalue weighted by atomic mass is 10.1. The van der Waals surface area contributed by atoms with Crippen molar-refractivity contribution in [3.05, 3.63) is 29.3 Å². The number of hydrogen-bond acceptors (Lipinski definition) is 3. The van der Waals surface area contributed by atoms with Crippen LogP contribution < -0.4 is 5.32 Å². The highest BCUT2D eigenvalue weighted by Gasteiger charge is 2.12. The van der Waals surface area contributed by atoms with Crippen LogP contribution in [0.25, 0.3) is 0 Å². The van der Waals surface area contributed by atoms with E-state index in [9.17, 15) is 5.11 Å². The minimum absolute atomic E-state index is 0.199. The van der Waals surface area contributed by atoms with Crippen molar-refractivity contribution < 1.29 is 5.11 Å². The van der Waals surface area contributed by atoms with Gasteiger partial charge >= 0.3 is 0 Å². The Labute approximate surface area is 116 Å². The fourth-order valence-corrected chi connectivity index (χ4v) is 2.75. The molecule has 1 aromatic carbocycles. The molecule has 1 atom stereocenters. The van der Waals surface area contributed by atoms with Gasteiger partial charge in [0.05, 0.1) is 0 Å². The molecule has 0 aromatic heterocycles. The summed E-state index contributed by atoms with van der Waals surface area (Å²) in [5, 5.41) is 13.5. The SMILES string of the molecule is Cc1ccc(C(C)NCCN2CCCCC2)c(O)c1. The second kappa shape index (κ2) is 6.92. The van der Waals surface area contributed by atoms with Crippen LogP contribution in [0.15, 0.2) is 18.2 Å². The maximum atomic E-state index is 9.96. The average Bonchev–Trinajstić information content (AvgIpc) is 2.39. The van der Waals surface area contributed by atoms with Gasteiger partial charge in [-0.1, -0.05) is 18.6 Å². The Balaban J connectivity index is 1.78. The van der Waals surface area contributed by atoms with Crippen molar-refractivity contribution in [2.75, 3.05) is 26.2 Å². The van der Waals surface area contributed by atoms with Crippen LogP contribution >= 0.6 is 0 Å². The van der Waals surface area contributed by atoms with E-state index in [-0.39, 0.29) is 6.04 Å². The van der Waals surface area contributed by atoms with E-state index in [1.807, 2.05) is 19.1 Å². The molecule has 1 saturated heterocycles. The number of piperidine rings is 1. The molecule has 3 heteroatoms. The molecule has 0 radical (unpaired) electrons. The third-order valence-electron chi connectivity index (χ3n) is 3.98. The summed E-state index contributed by atoms with van der Waals surface area (Å²) in [5.74, 6) is 0.401. The molecule has 19 heavy (non-hydrogen) atoms. The molecule has 106 valence electrons. The molecule has 0 bridgehead atoms. The van der Waals surface area contributed by atoms with E-state index in [0.717, 1.165) is 24.2 Å². The third kappa shape index (κ3) is 4.22. The highest BCUT2D eigenvalue weighted by atomic mass is 16.3. The van der Waals surface area contributed by atoms with E-state index in [4.69, 9.17) is 0 Å². The Hall–Kier alpha value is -1.06. The first-order valence-electron chi connectivity index (χ1n) is 7.42. The fourth-order valence-electron chi connectivity index (χ4n) is 2.75. The monoisotopic (exact) mass is 262 g/mol. The zero-order valence-electron chi connectivity index (χ0n) is 12.2. The number of phenols is 1. The fraction of sp³-hybridized carbons (Fsp3) is 0.625. The molecule has 1 unspecified atom stereocenters. The maximum absolute atomic E-state index is 9.96. The van der Waals surface area contributed by atoms with Crippen LogP contribution in [0.4, 0.5) is 0 Å². The highest BCUT2D eigenvalue weighted by Crippen LogP contribution is 2.24. The molecular formula is C16H26N2O. The molecule has 1 aromatic rings. The van der Waals surface area contributed by atoms with E-state index < -0.39 is 0 Å². The highest BCUT2D eigenvalue weighted by molar-refractivity contribution is 5.37. The lowest BCUT2D eigenvalue weighted by molar-refractivity contribution is 0.226. The Morgan fingerprint density at radius 1 is 1.26 bits per heavy atom. The number of hydrogen-bond donors (Lipinski definition) is 2. The Morgan fingerprint density at radius 3 is 2.68 bits per heavy atom. The summed E-state index contributed by atoms with van der Waals surface area (Å²) in [6.07, 6.45) is 4.07. The minimum Gasteiger partial charge on any atom is -0.508 e. The van der Waals surface area contributed by atoms with Crippen LogP contribution in [0.3, 0.4) is 0 Å². The normalized spacial score (nSPS) is 18.4. The molecule has 1 aliphatic rings. The van der Waals surface area contributed by atoms with Crippen molar-refractivity contribution in [3.8, 4) is 5.75 Å². The topological polar surface area (TPSA) is 35.5 Å². The molecule has 0 saturated carbocycles. The smallest absolute Gasteiger partial charge is 0.120 e. The van der Waals surface area contributed by atoms with E-state index in [0.29, 0.717) is 5.75 Å². The Bertz CT molecular complexity index is 400. The average molecular weight is 262 g/mol. The summed E-state index contributed by atoms with van der Waals surface area (Å²) < 4.78 is 0. The number of aromatic hydroxyl groups is 1. The van der Waals surface area contributed by atoms with Gasteiger partial charge in [0.15, 0.2) is 0 Å². The van der Waals surface area contributed by atoms with Crippen LogP contribution in [-0.2, 0) is 0 Å². The zero-order chi connectivity index (χ0) is 13.7. The first-order chi connectivity index (χ1) is 9.16. The molecule has 0 spiro atoms. The number of aryl methyl sites for hydroxylation is 1. The molecule has 2 rings (SSSR count). The van der Waals surface area contributed by atoms with Gasteiger partial charge in [-0.25, -0.2) is 0 Å². The minimum atomic E-state index is 0.199. The van der Waals surface area contributed by atoms with Crippen molar-refractivity contribution in [2.24, 2.45) is 0 Å². The van der Waals surface area contributed by atoms with Gasteiger partial charge in [0.25, 0.3) is 0 Å². The van der Waals surface area contributed by atoms with Gasteiger partial charge in [-0.2, -0.15) is 0 Å². The predicted molar refractivity (Wildman–Crippen MR) is 79.6 cm³/mol.